The zero-order valence-corrected chi connectivity index (χ0v) is 9.61. The number of hydrogen-bond donors (Lipinski definition) is 0. The summed E-state index contributed by atoms with van der Waals surface area (Å²) < 4.78 is 18.4. The molecule has 1 aromatic rings. The smallest absolute Gasteiger partial charge is 0.225 e. The topological polar surface area (TPSA) is 38.2 Å². The lowest BCUT2D eigenvalue weighted by molar-refractivity contribution is -0.00770. The van der Waals surface area contributed by atoms with Gasteiger partial charge in [-0.05, 0) is 20.3 Å². The molecule has 16 heavy (non-hydrogen) atoms. The maximum Gasteiger partial charge on any atom is 0.225 e. The highest BCUT2D eigenvalue weighted by molar-refractivity contribution is 5.28. The maximum atomic E-state index is 12.7. The molecular weight excluding hydrogens is 209 g/mol. The van der Waals surface area contributed by atoms with Crippen molar-refractivity contribution in [1.29, 1.82) is 0 Å². The van der Waals surface area contributed by atoms with Gasteiger partial charge in [0.15, 0.2) is 5.82 Å². The van der Waals surface area contributed by atoms with E-state index in [1.54, 1.807) is 0 Å². The second kappa shape index (κ2) is 4.33. The molecule has 1 fully saturated rings. The Balaban J connectivity index is 2.08. The maximum absolute atomic E-state index is 12.7. The fraction of sp³-hybridized carbons (Fsp3) is 0.636. The molecule has 1 aliphatic heterocycles. The summed E-state index contributed by atoms with van der Waals surface area (Å²) in [6.07, 6.45) is 3.30. The van der Waals surface area contributed by atoms with Crippen molar-refractivity contribution in [2.45, 2.75) is 25.9 Å². The van der Waals surface area contributed by atoms with Crippen molar-refractivity contribution in [3.05, 3.63) is 18.2 Å². The molecule has 1 aromatic heterocycles. The number of anilines is 1. The first kappa shape index (κ1) is 11.3. The normalized spacial score (nSPS) is 20.6. The standard InChI is InChI=1S/C11H16FN3O/c1-11(2)3-4-15(5-6-16-11)10-13-7-9(12)8-14-10/h7-8H,3-6H2,1-2H3. The lowest BCUT2D eigenvalue weighted by atomic mass is 10.1. The lowest BCUT2D eigenvalue weighted by Crippen LogP contribution is -2.28. The summed E-state index contributed by atoms with van der Waals surface area (Å²) in [6.45, 7) is 6.37. The van der Waals surface area contributed by atoms with Gasteiger partial charge in [0.05, 0.1) is 24.6 Å². The molecule has 0 aromatic carbocycles. The molecule has 0 unspecified atom stereocenters. The third kappa shape index (κ3) is 2.66. The number of ether oxygens (including phenoxy) is 1. The molecule has 5 heteroatoms. The zero-order chi connectivity index (χ0) is 11.6. The van der Waals surface area contributed by atoms with Crippen molar-refractivity contribution in [1.82, 2.24) is 9.97 Å². The molecule has 0 saturated carbocycles. The summed E-state index contributed by atoms with van der Waals surface area (Å²) >= 11 is 0. The van der Waals surface area contributed by atoms with Crippen LogP contribution in [0.3, 0.4) is 0 Å². The molecule has 0 amide bonds. The van der Waals surface area contributed by atoms with Gasteiger partial charge in [0.1, 0.15) is 0 Å². The van der Waals surface area contributed by atoms with Crippen LogP contribution in [-0.2, 0) is 4.74 Å². The van der Waals surface area contributed by atoms with Gasteiger partial charge in [0, 0.05) is 13.1 Å². The summed E-state index contributed by atoms with van der Waals surface area (Å²) in [4.78, 5) is 9.97. The molecule has 0 spiro atoms. The van der Waals surface area contributed by atoms with Crippen LogP contribution in [0.1, 0.15) is 20.3 Å². The van der Waals surface area contributed by atoms with Gasteiger partial charge < -0.3 is 9.64 Å². The quantitative estimate of drug-likeness (QED) is 0.728. The molecule has 0 radical (unpaired) electrons. The van der Waals surface area contributed by atoms with Crippen molar-refractivity contribution in [3.63, 3.8) is 0 Å². The third-order valence-corrected chi connectivity index (χ3v) is 2.73. The first-order chi connectivity index (χ1) is 7.57. The second-order valence-corrected chi connectivity index (χ2v) is 4.55. The Labute approximate surface area is 94.5 Å². The van der Waals surface area contributed by atoms with E-state index < -0.39 is 5.82 Å². The third-order valence-electron chi connectivity index (χ3n) is 2.73. The van der Waals surface area contributed by atoms with Crippen LogP contribution in [0.2, 0.25) is 0 Å². The SMILES string of the molecule is CC1(C)CCN(c2ncc(F)cn2)CCO1. The molecule has 4 nitrogen and oxygen atoms in total. The van der Waals surface area contributed by atoms with Crippen LogP contribution in [-0.4, -0.2) is 35.3 Å². The first-order valence-electron chi connectivity index (χ1n) is 5.43. The summed E-state index contributed by atoms with van der Waals surface area (Å²) in [5.41, 5.74) is -0.102. The van der Waals surface area contributed by atoms with E-state index in [-0.39, 0.29) is 5.60 Å². The number of halogens is 1. The van der Waals surface area contributed by atoms with Crippen LogP contribution in [0.5, 0.6) is 0 Å². The monoisotopic (exact) mass is 225 g/mol. The number of rotatable bonds is 1. The zero-order valence-electron chi connectivity index (χ0n) is 9.61. The fourth-order valence-corrected chi connectivity index (χ4v) is 1.69. The molecular formula is C11H16FN3O. The lowest BCUT2D eigenvalue weighted by Gasteiger charge is -2.22. The summed E-state index contributed by atoms with van der Waals surface area (Å²) in [7, 11) is 0. The van der Waals surface area contributed by atoms with Gasteiger partial charge in [-0.2, -0.15) is 0 Å². The molecule has 1 saturated heterocycles. The highest BCUT2D eigenvalue weighted by Crippen LogP contribution is 2.20. The Bertz CT molecular complexity index is 353. The van der Waals surface area contributed by atoms with Gasteiger partial charge in [0.25, 0.3) is 0 Å². The molecule has 0 N–H and O–H groups in total. The van der Waals surface area contributed by atoms with Crippen LogP contribution in [0.15, 0.2) is 12.4 Å². The molecule has 2 heterocycles. The highest BCUT2D eigenvalue weighted by Gasteiger charge is 2.24. The predicted octanol–water partition coefficient (Wildman–Crippen LogP) is 1.62. The van der Waals surface area contributed by atoms with Crippen molar-refractivity contribution in [2.75, 3.05) is 24.6 Å². The summed E-state index contributed by atoms with van der Waals surface area (Å²) in [5.74, 6) is 0.165. The molecule has 0 aliphatic carbocycles. The molecule has 1 aliphatic rings. The largest absolute Gasteiger partial charge is 0.374 e. The van der Waals surface area contributed by atoms with E-state index in [0.717, 1.165) is 19.5 Å². The van der Waals surface area contributed by atoms with E-state index in [9.17, 15) is 4.39 Å². The van der Waals surface area contributed by atoms with E-state index in [1.165, 1.54) is 12.4 Å². The predicted molar refractivity (Wildman–Crippen MR) is 58.9 cm³/mol. The highest BCUT2D eigenvalue weighted by atomic mass is 19.1. The minimum absolute atomic E-state index is 0.102. The Hall–Kier alpha value is -1.23. The Morgan fingerprint density at radius 3 is 2.69 bits per heavy atom. The van der Waals surface area contributed by atoms with Crippen molar-refractivity contribution in [3.8, 4) is 0 Å². The Morgan fingerprint density at radius 2 is 2.00 bits per heavy atom. The molecule has 0 bridgehead atoms. The Morgan fingerprint density at radius 1 is 1.31 bits per heavy atom. The molecule has 88 valence electrons. The van der Waals surface area contributed by atoms with Gasteiger partial charge in [-0.25, -0.2) is 14.4 Å². The van der Waals surface area contributed by atoms with Gasteiger partial charge in [-0.1, -0.05) is 0 Å². The van der Waals surface area contributed by atoms with E-state index >= 15 is 0 Å². The van der Waals surface area contributed by atoms with Gasteiger partial charge in [0.2, 0.25) is 5.95 Å². The number of nitrogens with zero attached hydrogens (tertiary/aromatic N) is 3. The number of hydrogen-bond acceptors (Lipinski definition) is 4. The van der Waals surface area contributed by atoms with Gasteiger partial charge in [-0.3, -0.25) is 0 Å². The summed E-state index contributed by atoms with van der Waals surface area (Å²) in [6, 6.07) is 0. The summed E-state index contributed by atoms with van der Waals surface area (Å²) in [5, 5.41) is 0. The van der Waals surface area contributed by atoms with Gasteiger partial charge >= 0.3 is 0 Å². The average Bonchev–Trinajstić information content (AvgIpc) is 2.41. The fourth-order valence-electron chi connectivity index (χ4n) is 1.69. The van der Waals surface area contributed by atoms with Crippen molar-refractivity contribution >= 4 is 5.95 Å². The van der Waals surface area contributed by atoms with Crippen LogP contribution in [0, 0.1) is 5.82 Å². The van der Waals surface area contributed by atoms with E-state index in [2.05, 4.69) is 23.8 Å². The molecule has 0 atom stereocenters. The van der Waals surface area contributed by atoms with E-state index in [1.807, 2.05) is 4.90 Å². The molecule has 2 rings (SSSR count). The first-order valence-corrected chi connectivity index (χ1v) is 5.43. The minimum Gasteiger partial charge on any atom is -0.374 e. The van der Waals surface area contributed by atoms with Gasteiger partial charge in [-0.15, -0.1) is 0 Å². The second-order valence-electron chi connectivity index (χ2n) is 4.55. The van der Waals surface area contributed by atoms with E-state index in [0.29, 0.717) is 12.6 Å². The average molecular weight is 225 g/mol. The minimum atomic E-state index is -0.407. The number of aromatic nitrogens is 2. The Kier molecular flexibility index (Phi) is 3.05. The van der Waals surface area contributed by atoms with Crippen LogP contribution in [0.25, 0.3) is 0 Å². The van der Waals surface area contributed by atoms with Crippen molar-refractivity contribution in [2.24, 2.45) is 0 Å². The van der Waals surface area contributed by atoms with E-state index in [4.69, 9.17) is 4.74 Å². The van der Waals surface area contributed by atoms with Crippen molar-refractivity contribution < 1.29 is 9.13 Å². The van der Waals surface area contributed by atoms with Crippen LogP contribution in [0.4, 0.5) is 10.3 Å². The van der Waals surface area contributed by atoms with Crippen LogP contribution >= 0.6 is 0 Å². The van der Waals surface area contributed by atoms with Crippen LogP contribution < -0.4 is 4.90 Å².